The van der Waals surface area contributed by atoms with E-state index in [9.17, 15) is 10.1 Å². The van der Waals surface area contributed by atoms with E-state index in [0.717, 1.165) is 0 Å². The minimum absolute atomic E-state index is 0. The van der Waals surface area contributed by atoms with Crippen molar-refractivity contribution in [3.8, 4) is 0 Å². The van der Waals surface area contributed by atoms with Crippen molar-refractivity contribution in [1.29, 1.82) is 0 Å². The summed E-state index contributed by atoms with van der Waals surface area (Å²) in [6, 6.07) is 0. The Labute approximate surface area is 85.5 Å². The maximum absolute atomic E-state index is 10.4. The minimum Gasteiger partial charge on any atom is -0.392 e. The van der Waals surface area contributed by atoms with Crippen LogP contribution in [0, 0.1) is 17.0 Å². The van der Waals surface area contributed by atoms with Gasteiger partial charge in [-0.25, -0.2) is 9.55 Å². The van der Waals surface area contributed by atoms with Crippen LogP contribution in [0.4, 0.5) is 5.82 Å². The number of aliphatic hydroxyl groups excluding tert-OH is 1. The molecular weight excluding hydrogens is 214 g/mol. The van der Waals surface area contributed by atoms with E-state index in [0.29, 0.717) is 5.82 Å². The van der Waals surface area contributed by atoms with Crippen molar-refractivity contribution in [2.75, 3.05) is 6.61 Å². The summed E-state index contributed by atoms with van der Waals surface area (Å²) in [6.07, 6.45) is 1.19. The van der Waals surface area contributed by atoms with E-state index in [-0.39, 0.29) is 36.3 Å². The molecule has 6 nitrogen and oxygen atoms in total. The van der Waals surface area contributed by atoms with Crippen LogP contribution >= 0.6 is 0 Å². The fraction of sp³-hybridized carbons (Fsp3) is 0.500. The summed E-state index contributed by atoms with van der Waals surface area (Å²) in [5.74, 6) is 0.456. The van der Waals surface area contributed by atoms with Crippen molar-refractivity contribution in [2.24, 2.45) is 0 Å². The number of hydrogen-bond acceptors (Lipinski definition) is 4. The summed E-state index contributed by atoms with van der Waals surface area (Å²) in [5.41, 5.74) is 0. The second-order valence-corrected chi connectivity index (χ2v) is 2.30. The Morgan fingerprint density at radius 1 is 1.77 bits per heavy atom. The minimum atomic E-state index is -0.518. The smallest absolute Gasteiger partial charge is 0.392 e. The zero-order chi connectivity index (χ0) is 9.14. The van der Waals surface area contributed by atoms with Crippen LogP contribution in [0.3, 0.4) is 0 Å². The third kappa shape index (κ3) is 2.52. The Balaban J connectivity index is 0.00000144. The van der Waals surface area contributed by atoms with Gasteiger partial charge in [0.05, 0.1) is 6.61 Å². The number of nitro groups is 1. The molecule has 0 bridgehead atoms. The number of aliphatic hydroxyl groups is 1. The van der Waals surface area contributed by atoms with Gasteiger partial charge in [-0.05, 0) is 4.92 Å². The molecule has 0 atom stereocenters. The van der Waals surface area contributed by atoms with Crippen LogP contribution in [0.2, 0.25) is 0 Å². The third-order valence-corrected chi connectivity index (χ3v) is 1.54. The predicted molar refractivity (Wildman–Crippen MR) is 40.7 cm³/mol. The molecule has 13 heavy (non-hydrogen) atoms. The van der Waals surface area contributed by atoms with Gasteiger partial charge in [-0.2, -0.15) is 0 Å². The van der Waals surface area contributed by atoms with Crippen molar-refractivity contribution in [3.05, 3.63) is 22.1 Å². The summed E-state index contributed by atoms with van der Waals surface area (Å²) < 4.78 is 1.36. The Bertz CT molecular complexity index is 299. The zero-order valence-electron chi connectivity index (χ0n) is 7.01. The number of imidazole rings is 1. The van der Waals surface area contributed by atoms with Gasteiger partial charge in [0.15, 0.2) is 5.82 Å². The first kappa shape index (κ1) is 12.1. The van der Waals surface area contributed by atoms with Crippen LogP contribution in [0.25, 0.3) is 0 Å². The van der Waals surface area contributed by atoms with Crippen LogP contribution in [-0.2, 0) is 23.9 Å². The van der Waals surface area contributed by atoms with Gasteiger partial charge in [-0.3, -0.25) is 0 Å². The van der Waals surface area contributed by atoms with Gasteiger partial charge < -0.3 is 15.2 Å². The molecule has 1 heterocycles. The van der Waals surface area contributed by atoms with Gasteiger partial charge in [0.2, 0.25) is 0 Å². The van der Waals surface area contributed by atoms with Crippen molar-refractivity contribution in [3.63, 3.8) is 0 Å². The first-order chi connectivity index (χ1) is 5.66. The molecule has 7 heteroatoms. The second-order valence-electron chi connectivity index (χ2n) is 2.30. The van der Waals surface area contributed by atoms with E-state index in [1.165, 1.54) is 10.8 Å². The van der Waals surface area contributed by atoms with E-state index < -0.39 is 4.92 Å². The summed E-state index contributed by atoms with van der Waals surface area (Å²) in [5, 5.41) is 19.0. The topological polar surface area (TPSA) is 81.2 Å². The standard InChI is InChI=1S/C6H9N3O3.Cr/c1-5-7-4-6(9(11)12)8(5)2-3-10;/h4,10H,2-3H2,1H3;/q;+3. The summed E-state index contributed by atoms with van der Waals surface area (Å²) in [7, 11) is 0. The van der Waals surface area contributed by atoms with E-state index in [1.54, 1.807) is 6.92 Å². The quantitative estimate of drug-likeness (QED) is 0.581. The molecule has 0 saturated carbocycles. The van der Waals surface area contributed by atoms with Crippen LogP contribution in [0.5, 0.6) is 0 Å². The molecule has 0 saturated heterocycles. The average molecular weight is 223 g/mol. The Morgan fingerprint density at radius 3 is 2.85 bits per heavy atom. The molecule has 0 spiro atoms. The normalized spacial score (nSPS) is 9.38. The van der Waals surface area contributed by atoms with Crippen LogP contribution < -0.4 is 0 Å². The molecule has 1 radical (unpaired) electrons. The zero-order valence-corrected chi connectivity index (χ0v) is 8.28. The van der Waals surface area contributed by atoms with Crippen molar-refractivity contribution < 1.29 is 27.4 Å². The maximum Gasteiger partial charge on any atom is 3.00 e. The fourth-order valence-corrected chi connectivity index (χ4v) is 0.978. The van der Waals surface area contributed by atoms with Crippen LogP contribution in [0.15, 0.2) is 6.20 Å². The molecule has 1 aromatic heterocycles. The van der Waals surface area contributed by atoms with Gasteiger partial charge >= 0.3 is 23.2 Å². The number of hydrogen-bond donors (Lipinski definition) is 1. The van der Waals surface area contributed by atoms with Crippen LogP contribution in [0.1, 0.15) is 5.82 Å². The summed E-state index contributed by atoms with van der Waals surface area (Å²) >= 11 is 0. The van der Waals surface area contributed by atoms with E-state index in [1.807, 2.05) is 0 Å². The number of aryl methyl sites for hydroxylation is 1. The van der Waals surface area contributed by atoms with Crippen LogP contribution in [-0.4, -0.2) is 26.2 Å². The molecule has 0 unspecified atom stereocenters. The van der Waals surface area contributed by atoms with Gasteiger partial charge in [-0.15, -0.1) is 0 Å². The molecular formula is C6H9CrN3O3+3. The molecule has 69 valence electrons. The van der Waals surface area contributed by atoms with Crippen molar-refractivity contribution in [2.45, 2.75) is 13.5 Å². The molecule has 1 N–H and O–H groups in total. The van der Waals surface area contributed by atoms with Gasteiger partial charge in [0, 0.05) is 6.92 Å². The van der Waals surface area contributed by atoms with E-state index in [4.69, 9.17) is 5.11 Å². The molecule has 0 fully saturated rings. The number of rotatable bonds is 3. The van der Waals surface area contributed by atoms with Crippen molar-refractivity contribution in [1.82, 2.24) is 9.55 Å². The van der Waals surface area contributed by atoms with Crippen molar-refractivity contribution >= 4 is 5.82 Å². The predicted octanol–water partition coefficient (Wildman–Crippen LogP) is 0.0895. The average Bonchev–Trinajstić information content (AvgIpc) is 2.34. The Kier molecular flexibility index (Phi) is 4.62. The Morgan fingerprint density at radius 2 is 2.38 bits per heavy atom. The molecule has 1 aromatic rings. The number of nitrogens with zero attached hydrogens (tertiary/aromatic N) is 3. The second kappa shape index (κ2) is 4.97. The first-order valence-corrected chi connectivity index (χ1v) is 3.44. The third-order valence-electron chi connectivity index (χ3n) is 1.54. The van der Waals surface area contributed by atoms with Gasteiger partial charge in [-0.1, -0.05) is 0 Å². The monoisotopic (exact) mass is 223 g/mol. The summed E-state index contributed by atoms with van der Waals surface area (Å²) in [6.45, 7) is 1.74. The molecule has 0 aliphatic carbocycles. The SMILES string of the molecule is Cc1ncc([N+](=O)[O-])n1CCO.[Cr+3]. The molecule has 0 aromatic carbocycles. The van der Waals surface area contributed by atoms with E-state index in [2.05, 4.69) is 4.98 Å². The van der Waals surface area contributed by atoms with E-state index >= 15 is 0 Å². The molecule has 1 rings (SSSR count). The fourth-order valence-electron chi connectivity index (χ4n) is 0.978. The molecule has 0 aliphatic rings. The van der Waals surface area contributed by atoms with Gasteiger partial charge in [0.25, 0.3) is 0 Å². The molecule has 0 amide bonds. The first-order valence-electron chi connectivity index (χ1n) is 3.44. The molecule has 0 aliphatic heterocycles. The number of aromatic nitrogens is 2. The van der Waals surface area contributed by atoms with Gasteiger partial charge in [0.1, 0.15) is 12.7 Å². The summed E-state index contributed by atoms with van der Waals surface area (Å²) in [4.78, 5) is 13.6. The maximum atomic E-state index is 10.4. The largest absolute Gasteiger partial charge is 3.00 e. The Hall–Kier alpha value is -0.898.